The molecule has 0 aliphatic carbocycles. The number of ether oxygens (including phenoxy) is 1. The first kappa shape index (κ1) is 16.1. The summed E-state index contributed by atoms with van der Waals surface area (Å²) in [7, 11) is 0. The highest BCUT2D eigenvalue weighted by molar-refractivity contribution is 7.99. The maximum atomic E-state index is 11.7. The summed E-state index contributed by atoms with van der Waals surface area (Å²) in [5.41, 5.74) is 0. The van der Waals surface area contributed by atoms with Gasteiger partial charge in [-0.25, -0.2) is 0 Å². The Balaban J connectivity index is 1.81. The SMILES string of the molecule is FC(F)(F)COCCCNCCN1CCSCC1. The largest absolute Gasteiger partial charge is 0.411 e. The van der Waals surface area contributed by atoms with Crippen LogP contribution in [-0.4, -0.2) is 68.5 Å². The first-order valence-corrected chi connectivity index (χ1v) is 7.39. The van der Waals surface area contributed by atoms with Crippen LogP contribution in [-0.2, 0) is 4.74 Å². The summed E-state index contributed by atoms with van der Waals surface area (Å²) in [6.07, 6.45) is -3.59. The maximum Gasteiger partial charge on any atom is 0.411 e. The van der Waals surface area contributed by atoms with Crippen molar-refractivity contribution in [3.63, 3.8) is 0 Å². The molecule has 1 saturated heterocycles. The molecular formula is C11H21F3N2OS. The second-order valence-electron chi connectivity index (χ2n) is 4.23. The molecule has 0 aromatic carbocycles. The third kappa shape index (κ3) is 9.02. The molecule has 0 unspecified atom stereocenters. The number of alkyl halides is 3. The van der Waals surface area contributed by atoms with Gasteiger partial charge in [0.2, 0.25) is 0 Å². The van der Waals surface area contributed by atoms with E-state index in [1.807, 2.05) is 11.8 Å². The third-order valence-corrected chi connectivity index (χ3v) is 3.56. The lowest BCUT2D eigenvalue weighted by molar-refractivity contribution is -0.173. The van der Waals surface area contributed by atoms with E-state index in [1.54, 1.807) is 0 Å². The zero-order valence-corrected chi connectivity index (χ0v) is 11.3. The topological polar surface area (TPSA) is 24.5 Å². The Hall–Kier alpha value is 0.0200. The number of thioether (sulfide) groups is 1. The van der Waals surface area contributed by atoms with Gasteiger partial charge in [-0.05, 0) is 13.0 Å². The quantitative estimate of drug-likeness (QED) is 0.685. The molecule has 0 bridgehead atoms. The molecular weight excluding hydrogens is 265 g/mol. The van der Waals surface area contributed by atoms with Gasteiger partial charge in [-0.15, -0.1) is 0 Å². The molecule has 18 heavy (non-hydrogen) atoms. The van der Waals surface area contributed by atoms with E-state index in [-0.39, 0.29) is 6.61 Å². The molecule has 3 nitrogen and oxygen atoms in total. The fourth-order valence-corrected chi connectivity index (χ4v) is 2.65. The van der Waals surface area contributed by atoms with E-state index in [4.69, 9.17) is 0 Å². The molecule has 1 aliphatic rings. The van der Waals surface area contributed by atoms with E-state index in [0.717, 1.165) is 26.2 Å². The fraction of sp³-hybridized carbons (Fsp3) is 1.00. The number of hydrogen-bond donors (Lipinski definition) is 1. The van der Waals surface area contributed by atoms with Gasteiger partial charge in [-0.2, -0.15) is 24.9 Å². The van der Waals surface area contributed by atoms with Crippen LogP contribution in [0.5, 0.6) is 0 Å². The van der Waals surface area contributed by atoms with Gasteiger partial charge in [0, 0.05) is 44.3 Å². The van der Waals surface area contributed by atoms with Crippen LogP contribution in [0.2, 0.25) is 0 Å². The molecule has 0 atom stereocenters. The molecule has 0 spiro atoms. The average Bonchev–Trinajstić information content (AvgIpc) is 2.32. The summed E-state index contributed by atoms with van der Waals surface area (Å²) in [6, 6.07) is 0. The number of rotatable bonds is 8. The van der Waals surface area contributed by atoms with Crippen molar-refractivity contribution in [3.05, 3.63) is 0 Å². The predicted octanol–water partition coefficient (Wildman–Crippen LogP) is 1.59. The Morgan fingerprint density at radius 1 is 1.17 bits per heavy atom. The summed E-state index contributed by atoms with van der Waals surface area (Å²) in [4.78, 5) is 2.41. The van der Waals surface area contributed by atoms with Gasteiger partial charge < -0.3 is 15.0 Å². The molecule has 108 valence electrons. The lowest BCUT2D eigenvalue weighted by atomic mass is 10.4. The number of nitrogens with one attached hydrogen (secondary N) is 1. The number of nitrogens with zero attached hydrogens (tertiary/aromatic N) is 1. The van der Waals surface area contributed by atoms with Crippen LogP contribution in [0.3, 0.4) is 0 Å². The van der Waals surface area contributed by atoms with Crippen LogP contribution >= 0.6 is 11.8 Å². The van der Waals surface area contributed by atoms with Gasteiger partial charge in [-0.3, -0.25) is 0 Å². The standard InChI is InChI=1S/C11H21F3N2OS/c12-11(13,14)10-17-7-1-2-15-3-4-16-5-8-18-9-6-16/h15H,1-10H2. The molecule has 0 amide bonds. The fourth-order valence-electron chi connectivity index (χ4n) is 1.67. The lowest BCUT2D eigenvalue weighted by Gasteiger charge is -2.26. The summed E-state index contributed by atoms with van der Waals surface area (Å²) in [5.74, 6) is 2.40. The van der Waals surface area contributed by atoms with Crippen LogP contribution in [0.4, 0.5) is 13.2 Å². The molecule has 0 aromatic heterocycles. The van der Waals surface area contributed by atoms with Gasteiger partial charge in [0.05, 0.1) is 0 Å². The Kier molecular flexibility index (Phi) is 8.05. The Morgan fingerprint density at radius 3 is 2.56 bits per heavy atom. The molecule has 1 N–H and O–H groups in total. The van der Waals surface area contributed by atoms with Crippen molar-refractivity contribution >= 4 is 11.8 Å². The second-order valence-corrected chi connectivity index (χ2v) is 5.45. The van der Waals surface area contributed by atoms with Crippen LogP contribution < -0.4 is 5.32 Å². The highest BCUT2D eigenvalue weighted by Gasteiger charge is 2.27. The summed E-state index contributed by atoms with van der Waals surface area (Å²) in [5, 5.41) is 3.22. The molecule has 1 fully saturated rings. The molecule has 0 aromatic rings. The van der Waals surface area contributed by atoms with Crippen molar-refractivity contribution in [1.82, 2.24) is 10.2 Å². The minimum Gasteiger partial charge on any atom is -0.372 e. The summed E-state index contributed by atoms with van der Waals surface area (Å²) in [6.45, 7) is 3.92. The van der Waals surface area contributed by atoms with Crippen LogP contribution in [0.25, 0.3) is 0 Å². The van der Waals surface area contributed by atoms with Crippen molar-refractivity contribution < 1.29 is 17.9 Å². The smallest absolute Gasteiger partial charge is 0.372 e. The van der Waals surface area contributed by atoms with E-state index in [9.17, 15) is 13.2 Å². The zero-order chi connectivity index (χ0) is 13.3. The Bertz CT molecular complexity index is 211. The van der Waals surface area contributed by atoms with E-state index in [0.29, 0.717) is 13.0 Å². The minimum atomic E-state index is -4.21. The van der Waals surface area contributed by atoms with Crippen molar-refractivity contribution in [2.45, 2.75) is 12.6 Å². The van der Waals surface area contributed by atoms with Crippen molar-refractivity contribution in [1.29, 1.82) is 0 Å². The highest BCUT2D eigenvalue weighted by Crippen LogP contribution is 2.14. The zero-order valence-electron chi connectivity index (χ0n) is 10.5. The maximum absolute atomic E-state index is 11.7. The van der Waals surface area contributed by atoms with Crippen molar-refractivity contribution in [2.75, 3.05) is 57.4 Å². The van der Waals surface area contributed by atoms with Gasteiger partial charge in [0.1, 0.15) is 6.61 Å². The van der Waals surface area contributed by atoms with E-state index in [2.05, 4.69) is 15.0 Å². The summed E-state index contributed by atoms with van der Waals surface area (Å²) >= 11 is 1.98. The minimum absolute atomic E-state index is 0.160. The first-order valence-electron chi connectivity index (χ1n) is 6.23. The van der Waals surface area contributed by atoms with Gasteiger partial charge in [0.15, 0.2) is 0 Å². The molecule has 0 radical (unpaired) electrons. The lowest BCUT2D eigenvalue weighted by Crippen LogP contribution is -2.38. The second kappa shape index (κ2) is 9.01. The van der Waals surface area contributed by atoms with E-state index in [1.165, 1.54) is 11.5 Å². The predicted molar refractivity (Wildman–Crippen MR) is 68.1 cm³/mol. The monoisotopic (exact) mass is 286 g/mol. The molecule has 1 rings (SSSR count). The van der Waals surface area contributed by atoms with E-state index < -0.39 is 12.8 Å². The highest BCUT2D eigenvalue weighted by atomic mass is 32.2. The van der Waals surface area contributed by atoms with Gasteiger partial charge in [-0.1, -0.05) is 0 Å². The van der Waals surface area contributed by atoms with E-state index >= 15 is 0 Å². The van der Waals surface area contributed by atoms with Crippen LogP contribution in [0, 0.1) is 0 Å². The van der Waals surface area contributed by atoms with Gasteiger partial charge >= 0.3 is 6.18 Å². The molecule has 1 aliphatic heterocycles. The Morgan fingerprint density at radius 2 is 1.89 bits per heavy atom. The normalized spacial score (nSPS) is 18.2. The van der Waals surface area contributed by atoms with Gasteiger partial charge in [0.25, 0.3) is 0 Å². The number of halogens is 3. The third-order valence-electron chi connectivity index (χ3n) is 2.62. The molecule has 0 saturated carbocycles. The van der Waals surface area contributed by atoms with Crippen LogP contribution in [0.1, 0.15) is 6.42 Å². The van der Waals surface area contributed by atoms with Crippen LogP contribution in [0.15, 0.2) is 0 Å². The first-order chi connectivity index (χ1) is 8.58. The molecule has 1 heterocycles. The summed E-state index contributed by atoms with van der Waals surface area (Å²) < 4.78 is 39.7. The number of hydrogen-bond acceptors (Lipinski definition) is 4. The van der Waals surface area contributed by atoms with Crippen molar-refractivity contribution in [3.8, 4) is 0 Å². The van der Waals surface area contributed by atoms with Crippen molar-refractivity contribution in [2.24, 2.45) is 0 Å². The molecule has 7 heteroatoms. The average molecular weight is 286 g/mol. The Labute approximate surface area is 110 Å².